The van der Waals surface area contributed by atoms with Crippen LogP contribution in [0.1, 0.15) is 0 Å². The third-order valence-corrected chi connectivity index (χ3v) is 1.42. The summed E-state index contributed by atoms with van der Waals surface area (Å²) in [6, 6.07) is 6.76. The summed E-state index contributed by atoms with van der Waals surface area (Å²) in [5.74, 6) is 0.488. The van der Waals surface area contributed by atoms with Gasteiger partial charge in [0.25, 0.3) is 0 Å². The van der Waals surface area contributed by atoms with Crippen molar-refractivity contribution >= 4 is 12.6 Å². The first kappa shape index (κ1) is 10.9. The third kappa shape index (κ3) is 2.22. The van der Waals surface area contributed by atoms with E-state index in [0.29, 0.717) is 11.2 Å². The molecule has 1 aromatic rings. The molecule has 66 valence electrons. The van der Waals surface area contributed by atoms with E-state index in [2.05, 4.69) is 0 Å². The quantitative estimate of drug-likeness (QED) is 0.592. The zero-order chi connectivity index (χ0) is 8.27. The largest absolute Gasteiger partial charge is 0.497 e. The monoisotopic (exact) mass is 172 g/mol. The van der Waals surface area contributed by atoms with Crippen molar-refractivity contribution in [3.05, 3.63) is 24.3 Å². The lowest BCUT2D eigenvalue weighted by atomic mass is 9.80. The molecule has 1 aromatic carbocycles. The number of halogens is 1. The normalized spacial score (nSPS) is 8.58. The predicted octanol–water partition coefficient (Wildman–Crippen LogP) is -0.473. The lowest BCUT2D eigenvalue weighted by molar-refractivity contribution is 0.403. The summed E-state index contributed by atoms with van der Waals surface area (Å²) in [6.45, 7) is 0. The molecule has 5 heteroatoms. The zero-order valence-electron chi connectivity index (χ0n) is 6.60. The number of rotatable bonds is 2. The third-order valence-electron chi connectivity index (χ3n) is 1.42. The molecule has 0 heterocycles. The summed E-state index contributed by atoms with van der Waals surface area (Å²) in [6.07, 6.45) is 0. The number of hydrogen-bond acceptors (Lipinski definition) is 3. The van der Waals surface area contributed by atoms with E-state index in [1.54, 1.807) is 24.3 Å². The average molecular weight is 172 g/mol. The van der Waals surface area contributed by atoms with Gasteiger partial charge < -0.3 is 14.8 Å². The van der Waals surface area contributed by atoms with Gasteiger partial charge in [-0.1, -0.05) is 18.2 Å². The van der Waals surface area contributed by atoms with E-state index >= 15 is 0 Å². The number of ether oxygens (including phenoxy) is 1. The summed E-state index contributed by atoms with van der Waals surface area (Å²) in [4.78, 5) is 0. The van der Waals surface area contributed by atoms with E-state index in [9.17, 15) is 0 Å². The summed E-state index contributed by atoms with van der Waals surface area (Å²) in [5, 5.41) is 17.6. The Morgan fingerprint density at radius 1 is 1.25 bits per heavy atom. The molecule has 0 bridgehead atoms. The van der Waals surface area contributed by atoms with E-state index in [1.807, 2.05) is 0 Å². The first-order valence-electron chi connectivity index (χ1n) is 3.24. The molecule has 0 fully saturated rings. The maximum absolute atomic E-state index is 8.81. The first-order valence-corrected chi connectivity index (χ1v) is 3.24. The van der Waals surface area contributed by atoms with Crippen molar-refractivity contribution < 1.29 is 19.5 Å². The van der Waals surface area contributed by atoms with Gasteiger partial charge in [-0.2, -0.15) is 0 Å². The van der Waals surface area contributed by atoms with Crippen LogP contribution in [0.25, 0.3) is 0 Å². The molecule has 0 aromatic heterocycles. The highest BCUT2D eigenvalue weighted by Gasteiger charge is 2.14. The maximum Gasteiger partial charge on any atom is 0.492 e. The van der Waals surface area contributed by atoms with Crippen LogP contribution in [0.2, 0.25) is 0 Å². The van der Waals surface area contributed by atoms with Crippen molar-refractivity contribution in [1.82, 2.24) is 0 Å². The molecule has 0 aliphatic rings. The summed E-state index contributed by atoms with van der Waals surface area (Å²) in [5.41, 5.74) is 0.384. The molecule has 12 heavy (non-hydrogen) atoms. The second kappa shape index (κ2) is 4.74. The van der Waals surface area contributed by atoms with Crippen molar-refractivity contribution in [2.45, 2.75) is 0 Å². The highest BCUT2D eigenvalue weighted by atomic mass is 19.0. The van der Waals surface area contributed by atoms with Gasteiger partial charge in [-0.25, -0.2) is 0 Å². The Bertz CT molecular complexity index is 242. The molecular formula is C7H10BFO3. The first-order chi connectivity index (χ1) is 5.25. The van der Waals surface area contributed by atoms with Crippen molar-refractivity contribution in [2.75, 3.05) is 7.11 Å². The zero-order valence-corrected chi connectivity index (χ0v) is 6.60. The Balaban J connectivity index is 0.00000121. The van der Waals surface area contributed by atoms with Gasteiger partial charge in [0.15, 0.2) is 0 Å². The minimum atomic E-state index is -1.47. The van der Waals surface area contributed by atoms with Gasteiger partial charge in [0.05, 0.1) is 7.11 Å². The second-order valence-electron chi connectivity index (χ2n) is 2.12. The molecule has 1 rings (SSSR count). The standard InChI is InChI=1S/C7H9BO3.FH/c1-11-7-5-3-2-4-6(7)8(9)10;/h2-5,9-10H,1H3;1H. The molecule has 0 saturated heterocycles. The van der Waals surface area contributed by atoms with Crippen molar-refractivity contribution in [3.63, 3.8) is 0 Å². The van der Waals surface area contributed by atoms with E-state index in [-0.39, 0.29) is 4.70 Å². The van der Waals surface area contributed by atoms with Gasteiger partial charge in [0, 0.05) is 5.46 Å². The van der Waals surface area contributed by atoms with E-state index in [4.69, 9.17) is 14.8 Å². The smallest absolute Gasteiger partial charge is 0.492 e. The fraction of sp³-hybridized carbons (Fsp3) is 0.143. The van der Waals surface area contributed by atoms with Gasteiger partial charge in [0.2, 0.25) is 0 Å². The van der Waals surface area contributed by atoms with Crippen LogP contribution in [0.4, 0.5) is 4.70 Å². The maximum atomic E-state index is 8.81. The number of methoxy groups -OCH3 is 1. The Morgan fingerprint density at radius 3 is 2.25 bits per heavy atom. The molecule has 0 aliphatic heterocycles. The average Bonchev–Trinajstić information content (AvgIpc) is 2.04. The van der Waals surface area contributed by atoms with Crippen LogP contribution in [-0.2, 0) is 0 Å². The molecule has 0 saturated carbocycles. The Morgan fingerprint density at radius 2 is 1.83 bits per heavy atom. The van der Waals surface area contributed by atoms with Crippen LogP contribution in [0, 0.1) is 0 Å². The topological polar surface area (TPSA) is 49.7 Å². The number of benzene rings is 1. The van der Waals surface area contributed by atoms with Crippen molar-refractivity contribution in [1.29, 1.82) is 0 Å². The van der Waals surface area contributed by atoms with Crippen LogP contribution in [0.3, 0.4) is 0 Å². The fourth-order valence-corrected chi connectivity index (χ4v) is 0.880. The van der Waals surface area contributed by atoms with E-state index in [0.717, 1.165) is 0 Å². The van der Waals surface area contributed by atoms with E-state index in [1.165, 1.54) is 7.11 Å². The molecular weight excluding hydrogens is 162 g/mol. The highest BCUT2D eigenvalue weighted by Crippen LogP contribution is 2.04. The summed E-state index contributed by atoms with van der Waals surface area (Å²) in [7, 11) is 0.0208. The van der Waals surface area contributed by atoms with Crippen LogP contribution in [0.5, 0.6) is 5.75 Å². The van der Waals surface area contributed by atoms with Gasteiger partial charge >= 0.3 is 7.12 Å². The Labute approximate surface area is 70.1 Å². The van der Waals surface area contributed by atoms with Gasteiger partial charge in [-0.05, 0) is 6.07 Å². The second-order valence-corrected chi connectivity index (χ2v) is 2.12. The molecule has 2 N–H and O–H groups in total. The van der Waals surface area contributed by atoms with E-state index < -0.39 is 7.12 Å². The van der Waals surface area contributed by atoms with Crippen molar-refractivity contribution in [3.8, 4) is 5.75 Å². The molecule has 0 atom stereocenters. The SMILES string of the molecule is COc1ccccc1B(O)O.F. The Kier molecular flexibility index (Phi) is 4.32. The Hall–Kier alpha value is -1.07. The van der Waals surface area contributed by atoms with Crippen LogP contribution in [0.15, 0.2) is 24.3 Å². The minimum Gasteiger partial charge on any atom is -0.497 e. The molecule has 0 spiro atoms. The molecule has 0 amide bonds. The van der Waals surface area contributed by atoms with Crippen LogP contribution in [-0.4, -0.2) is 24.3 Å². The molecule has 0 radical (unpaired) electrons. The lowest BCUT2D eigenvalue weighted by Gasteiger charge is -2.05. The molecule has 0 aliphatic carbocycles. The van der Waals surface area contributed by atoms with Crippen LogP contribution < -0.4 is 10.2 Å². The highest BCUT2D eigenvalue weighted by molar-refractivity contribution is 6.59. The summed E-state index contributed by atoms with van der Waals surface area (Å²) < 4.78 is 4.89. The van der Waals surface area contributed by atoms with Gasteiger partial charge in [-0.15, -0.1) is 0 Å². The van der Waals surface area contributed by atoms with Crippen molar-refractivity contribution in [2.24, 2.45) is 0 Å². The number of hydrogen-bond donors (Lipinski definition) is 2. The predicted molar refractivity (Wildman–Crippen MR) is 45.3 cm³/mol. The lowest BCUT2D eigenvalue weighted by Crippen LogP contribution is -2.30. The molecule has 0 unspecified atom stereocenters. The minimum absolute atomic E-state index is 0. The molecule has 3 nitrogen and oxygen atoms in total. The fourth-order valence-electron chi connectivity index (χ4n) is 0.880. The van der Waals surface area contributed by atoms with Gasteiger partial charge in [-0.3, -0.25) is 4.70 Å². The van der Waals surface area contributed by atoms with Gasteiger partial charge in [0.1, 0.15) is 5.75 Å². The number of para-hydroxylation sites is 1. The van der Waals surface area contributed by atoms with Crippen LogP contribution >= 0.6 is 0 Å². The summed E-state index contributed by atoms with van der Waals surface area (Å²) >= 11 is 0.